The molecule has 0 radical (unpaired) electrons. The minimum atomic E-state index is 0.433. The molecule has 2 aromatic rings. The van der Waals surface area contributed by atoms with E-state index in [1.54, 1.807) is 11.3 Å². The Morgan fingerprint density at radius 3 is 2.86 bits per heavy atom. The van der Waals surface area contributed by atoms with Crippen molar-refractivity contribution in [3.8, 4) is 10.7 Å². The van der Waals surface area contributed by atoms with Gasteiger partial charge in [-0.3, -0.25) is 0 Å². The molecule has 1 aliphatic rings. The molecule has 2 aromatic heterocycles. The van der Waals surface area contributed by atoms with Gasteiger partial charge < -0.3 is 9.42 Å². The molecule has 0 aromatic carbocycles. The molecule has 0 spiro atoms. The van der Waals surface area contributed by atoms with E-state index in [4.69, 9.17) is 4.52 Å². The molecule has 0 N–H and O–H groups in total. The van der Waals surface area contributed by atoms with Crippen LogP contribution in [-0.4, -0.2) is 34.7 Å². The van der Waals surface area contributed by atoms with Crippen LogP contribution in [0.1, 0.15) is 51.3 Å². The molecular formula is C17H25N3OS. The van der Waals surface area contributed by atoms with Crippen molar-refractivity contribution in [1.29, 1.82) is 0 Å². The zero-order chi connectivity index (χ0) is 15.4. The third-order valence-corrected chi connectivity index (χ3v) is 5.24. The predicted octanol–water partition coefficient (Wildman–Crippen LogP) is 4.41. The average molecular weight is 319 g/mol. The van der Waals surface area contributed by atoms with Gasteiger partial charge in [0.1, 0.15) is 0 Å². The highest BCUT2D eigenvalue weighted by Gasteiger charge is 2.25. The first-order valence-corrected chi connectivity index (χ1v) is 9.20. The highest BCUT2D eigenvalue weighted by Crippen LogP contribution is 2.29. The lowest BCUT2D eigenvalue weighted by atomic mass is 9.96. The first-order valence-electron chi connectivity index (χ1n) is 8.32. The summed E-state index contributed by atoms with van der Waals surface area (Å²) in [6.07, 6.45) is 4.90. The molecule has 120 valence electrons. The lowest BCUT2D eigenvalue weighted by Gasteiger charge is -2.30. The molecule has 1 aliphatic heterocycles. The topological polar surface area (TPSA) is 42.2 Å². The third-order valence-electron chi connectivity index (χ3n) is 4.38. The Bertz CT molecular complexity index is 556. The van der Waals surface area contributed by atoms with Crippen LogP contribution in [0.4, 0.5) is 0 Å². The molecular weight excluding hydrogens is 294 g/mol. The number of rotatable bonds is 6. The average Bonchev–Trinajstić information content (AvgIpc) is 3.19. The Labute approximate surface area is 136 Å². The van der Waals surface area contributed by atoms with E-state index in [1.807, 2.05) is 17.5 Å². The molecule has 5 heteroatoms. The molecule has 0 bridgehead atoms. The lowest BCUT2D eigenvalue weighted by molar-refractivity contribution is 0.189. The van der Waals surface area contributed by atoms with Gasteiger partial charge in [0, 0.05) is 5.92 Å². The van der Waals surface area contributed by atoms with Crippen LogP contribution >= 0.6 is 11.3 Å². The highest BCUT2D eigenvalue weighted by atomic mass is 32.1. The van der Waals surface area contributed by atoms with Crippen molar-refractivity contribution >= 4 is 11.3 Å². The monoisotopic (exact) mass is 319 g/mol. The van der Waals surface area contributed by atoms with Crippen molar-refractivity contribution in [3.05, 3.63) is 23.4 Å². The third kappa shape index (κ3) is 3.96. The maximum atomic E-state index is 5.50. The SMILES string of the molecule is CC(C)CCCN1CCC(c2nc(-c3cccs3)no2)CC1. The number of hydrogen-bond donors (Lipinski definition) is 0. The van der Waals surface area contributed by atoms with Gasteiger partial charge in [-0.1, -0.05) is 25.1 Å². The Hall–Kier alpha value is -1.20. The van der Waals surface area contributed by atoms with Gasteiger partial charge in [-0.2, -0.15) is 4.98 Å². The molecule has 3 rings (SSSR count). The van der Waals surface area contributed by atoms with Gasteiger partial charge in [0.05, 0.1) is 4.88 Å². The van der Waals surface area contributed by atoms with E-state index in [1.165, 1.54) is 19.4 Å². The van der Waals surface area contributed by atoms with E-state index in [-0.39, 0.29) is 0 Å². The number of thiophene rings is 1. The van der Waals surface area contributed by atoms with Gasteiger partial charge in [0.25, 0.3) is 0 Å². The van der Waals surface area contributed by atoms with Gasteiger partial charge in [-0.05, 0) is 62.7 Å². The summed E-state index contributed by atoms with van der Waals surface area (Å²) in [6, 6.07) is 4.06. The smallest absolute Gasteiger partial charge is 0.230 e. The van der Waals surface area contributed by atoms with E-state index in [0.717, 1.165) is 48.4 Å². The van der Waals surface area contributed by atoms with Crippen molar-refractivity contribution in [1.82, 2.24) is 15.0 Å². The molecule has 4 nitrogen and oxygen atoms in total. The largest absolute Gasteiger partial charge is 0.339 e. The minimum absolute atomic E-state index is 0.433. The molecule has 0 aliphatic carbocycles. The van der Waals surface area contributed by atoms with Crippen molar-refractivity contribution in [2.75, 3.05) is 19.6 Å². The summed E-state index contributed by atoms with van der Waals surface area (Å²) >= 11 is 1.65. The molecule has 0 saturated carbocycles. The van der Waals surface area contributed by atoms with Gasteiger partial charge in [0.15, 0.2) is 0 Å². The zero-order valence-corrected chi connectivity index (χ0v) is 14.3. The van der Waals surface area contributed by atoms with Crippen molar-refractivity contribution in [2.45, 2.75) is 45.4 Å². The summed E-state index contributed by atoms with van der Waals surface area (Å²) in [4.78, 5) is 8.26. The van der Waals surface area contributed by atoms with E-state index >= 15 is 0 Å². The van der Waals surface area contributed by atoms with E-state index in [2.05, 4.69) is 28.9 Å². The molecule has 1 fully saturated rings. The Balaban J connectivity index is 1.49. The highest BCUT2D eigenvalue weighted by molar-refractivity contribution is 7.13. The maximum Gasteiger partial charge on any atom is 0.230 e. The predicted molar refractivity (Wildman–Crippen MR) is 90.1 cm³/mol. The van der Waals surface area contributed by atoms with Gasteiger partial charge in [-0.25, -0.2) is 0 Å². The first-order chi connectivity index (χ1) is 10.7. The second kappa shape index (κ2) is 7.38. The molecule has 1 saturated heterocycles. The Morgan fingerprint density at radius 1 is 1.36 bits per heavy atom. The summed E-state index contributed by atoms with van der Waals surface area (Å²) in [5.41, 5.74) is 0. The Morgan fingerprint density at radius 2 is 2.18 bits per heavy atom. The van der Waals surface area contributed by atoms with Gasteiger partial charge >= 0.3 is 0 Å². The fourth-order valence-corrected chi connectivity index (χ4v) is 3.68. The number of aromatic nitrogens is 2. The van der Waals surface area contributed by atoms with Crippen LogP contribution in [0.3, 0.4) is 0 Å². The summed E-state index contributed by atoms with van der Waals surface area (Å²) < 4.78 is 5.50. The van der Waals surface area contributed by atoms with E-state index < -0.39 is 0 Å². The molecule has 0 amide bonds. The fourth-order valence-electron chi connectivity index (χ4n) is 3.03. The lowest BCUT2D eigenvalue weighted by Crippen LogP contribution is -2.33. The molecule has 3 heterocycles. The van der Waals surface area contributed by atoms with Crippen molar-refractivity contribution < 1.29 is 4.52 Å². The maximum absolute atomic E-state index is 5.50. The van der Waals surface area contributed by atoms with Crippen LogP contribution in [-0.2, 0) is 0 Å². The summed E-state index contributed by atoms with van der Waals surface area (Å²) in [5.74, 6) is 2.81. The van der Waals surface area contributed by atoms with E-state index in [0.29, 0.717) is 5.92 Å². The quantitative estimate of drug-likeness (QED) is 0.790. The number of nitrogens with zero attached hydrogens (tertiary/aromatic N) is 3. The molecule has 22 heavy (non-hydrogen) atoms. The van der Waals surface area contributed by atoms with Crippen LogP contribution in [0, 0.1) is 5.92 Å². The Kier molecular flexibility index (Phi) is 5.26. The number of hydrogen-bond acceptors (Lipinski definition) is 5. The van der Waals surface area contributed by atoms with Gasteiger partial charge in [-0.15, -0.1) is 11.3 Å². The first kappa shape index (κ1) is 15.7. The molecule has 0 unspecified atom stereocenters. The minimum Gasteiger partial charge on any atom is -0.339 e. The number of likely N-dealkylation sites (tertiary alicyclic amines) is 1. The van der Waals surface area contributed by atoms with Gasteiger partial charge in [0.2, 0.25) is 11.7 Å². The van der Waals surface area contributed by atoms with E-state index in [9.17, 15) is 0 Å². The summed E-state index contributed by atoms with van der Waals surface area (Å²) in [7, 11) is 0. The standard InChI is InChI=1S/C17H25N3OS/c1-13(2)5-3-9-20-10-7-14(8-11-20)17-18-16(19-21-17)15-6-4-12-22-15/h4,6,12-14H,3,5,7-11H2,1-2H3. The van der Waals surface area contributed by atoms with Crippen molar-refractivity contribution in [3.63, 3.8) is 0 Å². The summed E-state index contributed by atoms with van der Waals surface area (Å²) in [5, 5.41) is 6.18. The van der Waals surface area contributed by atoms with Crippen molar-refractivity contribution in [2.24, 2.45) is 5.92 Å². The second-order valence-corrected chi connectivity index (χ2v) is 7.53. The summed E-state index contributed by atoms with van der Waals surface area (Å²) in [6.45, 7) is 8.13. The second-order valence-electron chi connectivity index (χ2n) is 6.59. The van der Waals surface area contributed by atoms with Crippen LogP contribution < -0.4 is 0 Å². The molecule has 0 atom stereocenters. The normalized spacial score (nSPS) is 17.4. The fraction of sp³-hybridized carbons (Fsp3) is 0.647. The van der Waals surface area contributed by atoms with Crippen LogP contribution in [0.2, 0.25) is 0 Å². The van der Waals surface area contributed by atoms with Crippen LogP contribution in [0.5, 0.6) is 0 Å². The van der Waals surface area contributed by atoms with Crippen LogP contribution in [0.25, 0.3) is 10.7 Å². The zero-order valence-electron chi connectivity index (χ0n) is 13.5. The van der Waals surface area contributed by atoms with Crippen LogP contribution in [0.15, 0.2) is 22.0 Å². The number of piperidine rings is 1.